The number of methoxy groups -OCH3 is 1. The van der Waals surface area contributed by atoms with Gasteiger partial charge in [-0.05, 0) is 43.0 Å². The molecule has 0 radical (unpaired) electrons. The highest BCUT2D eigenvalue weighted by Gasteiger charge is 2.17. The van der Waals surface area contributed by atoms with Crippen LogP contribution in [-0.4, -0.2) is 38.5 Å². The van der Waals surface area contributed by atoms with Gasteiger partial charge in [0.1, 0.15) is 0 Å². The Bertz CT molecular complexity index is 389. The quantitative estimate of drug-likeness (QED) is 0.772. The van der Waals surface area contributed by atoms with Crippen molar-refractivity contribution in [3.8, 4) is 11.5 Å². The Morgan fingerprint density at radius 3 is 2.95 bits per heavy atom. The van der Waals surface area contributed by atoms with Crippen molar-refractivity contribution in [3.05, 3.63) is 23.8 Å². The zero-order valence-corrected chi connectivity index (χ0v) is 11.5. The average Bonchev–Trinajstić information content (AvgIpc) is 2.48. The maximum atomic E-state index is 8.77. The average molecular weight is 265 g/mol. The predicted molar refractivity (Wildman–Crippen MR) is 75.0 cm³/mol. The lowest BCUT2D eigenvalue weighted by Crippen LogP contribution is -2.28. The van der Waals surface area contributed by atoms with Crippen LogP contribution >= 0.6 is 0 Å². The second-order valence-corrected chi connectivity index (χ2v) is 4.88. The van der Waals surface area contributed by atoms with Crippen LogP contribution in [0.5, 0.6) is 11.5 Å². The molecule has 1 saturated heterocycles. The number of rotatable bonds is 6. The minimum atomic E-state index is 0.147. The zero-order valence-electron chi connectivity index (χ0n) is 11.5. The van der Waals surface area contributed by atoms with Crippen molar-refractivity contribution in [1.29, 1.82) is 0 Å². The fourth-order valence-electron chi connectivity index (χ4n) is 2.44. The molecule has 0 aliphatic carbocycles. The fourth-order valence-corrected chi connectivity index (χ4v) is 2.44. The van der Waals surface area contributed by atoms with Gasteiger partial charge in [-0.2, -0.15) is 0 Å². The summed E-state index contributed by atoms with van der Waals surface area (Å²) < 4.78 is 11.0. The Morgan fingerprint density at radius 1 is 1.37 bits per heavy atom. The maximum Gasteiger partial charge on any atom is 0.161 e. The molecular weight excluding hydrogens is 242 g/mol. The standard InChI is InChI=1S/C15H23NO3/c1-18-15-10-12(13-4-2-7-16-11-13)5-6-14(15)19-9-3-8-17/h5-6,10,13,16-17H,2-4,7-9,11H2,1H3. The lowest BCUT2D eigenvalue weighted by Gasteiger charge is -2.24. The van der Waals surface area contributed by atoms with E-state index in [0.717, 1.165) is 24.6 Å². The zero-order chi connectivity index (χ0) is 13.5. The third kappa shape index (κ3) is 3.85. The van der Waals surface area contributed by atoms with Crippen LogP contribution in [0.2, 0.25) is 0 Å². The van der Waals surface area contributed by atoms with Crippen LogP contribution < -0.4 is 14.8 Å². The molecule has 0 spiro atoms. The van der Waals surface area contributed by atoms with E-state index < -0.39 is 0 Å². The first-order chi connectivity index (χ1) is 9.35. The van der Waals surface area contributed by atoms with Crippen LogP contribution in [-0.2, 0) is 0 Å². The van der Waals surface area contributed by atoms with Crippen LogP contribution in [0.15, 0.2) is 18.2 Å². The van der Waals surface area contributed by atoms with Crippen molar-refractivity contribution in [2.45, 2.75) is 25.2 Å². The first kappa shape index (κ1) is 14.2. The van der Waals surface area contributed by atoms with E-state index in [1.807, 2.05) is 6.07 Å². The highest BCUT2D eigenvalue weighted by atomic mass is 16.5. The number of hydrogen-bond acceptors (Lipinski definition) is 4. The number of aliphatic hydroxyl groups excluding tert-OH is 1. The highest BCUT2D eigenvalue weighted by Crippen LogP contribution is 2.33. The Hall–Kier alpha value is -1.26. The molecule has 1 fully saturated rings. The smallest absolute Gasteiger partial charge is 0.161 e. The molecule has 19 heavy (non-hydrogen) atoms. The van der Waals surface area contributed by atoms with Gasteiger partial charge in [-0.25, -0.2) is 0 Å². The van der Waals surface area contributed by atoms with Crippen LogP contribution in [0.1, 0.15) is 30.7 Å². The third-order valence-corrected chi connectivity index (χ3v) is 3.52. The van der Waals surface area contributed by atoms with Crippen LogP contribution in [0.4, 0.5) is 0 Å². The SMILES string of the molecule is COc1cc(C2CCCNC2)ccc1OCCCO. The van der Waals surface area contributed by atoms with E-state index in [0.29, 0.717) is 18.9 Å². The van der Waals surface area contributed by atoms with Crippen LogP contribution in [0.3, 0.4) is 0 Å². The van der Waals surface area contributed by atoms with Crippen LogP contribution in [0.25, 0.3) is 0 Å². The molecule has 4 heteroatoms. The third-order valence-electron chi connectivity index (χ3n) is 3.52. The molecule has 1 atom stereocenters. The molecule has 0 amide bonds. The normalized spacial score (nSPS) is 19.2. The number of hydrogen-bond donors (Lipinski definition) is 2. The summed E-state index contributed by atoms with van der Waals surface area (Å²) in [6.07, 6.45) is 3.08. The molecule has 0 bridgehead atoms. The number of aliphatic hydroxyl groups is 1. The summed E-state index contributed by atoms with van der Waals surface area (Å²) >= 11 is 0. The number of nitrogens with one attached hydrogen (secondary N) is 1. The van der Waals surface area contributed by atoms with E-state index in [2.05, 4.69) is 17.4 Å². The number of benzene rings is 1. The van der Waals surface area contributed by atoms with Gasteiger partial charge in [-0.1, -0.05) is 6.07 Å². The van der Waals surface area contributed by atoms with Gasteiger partial charge in [0, 0.05) is 19.6 Å². The molecule has 1 unspecified atom stereocenters. The maximum absolute atomic E-state index is 8.77. The molecule has 2 N–H and O–H groups in total. The summed E-state index contributed by atoms with van der Waals surface area (Å²) in [5.74, 6) is 2.10. The minimum Gasteiger partial charge on any atom is -0.493 e. The topological polar surface area (TPSA) is 50.7 Å². The van der Waals surface area contributed by atoms with Crippen molar-refractivity contribution in [1.82, 2.24) is 5.32 Å². The molecule has 2 rings (SSSR count). The Morgan fingerprint density at radius 2 is 2.26 bits per heavy atom. The van der Waals surface area contributed by atoms with Gasteiger partial charge in [-0.3, -0.25) is 0 Å². The van der Waals surface area contributed by atoms with E-state index in [1.54, 1.807) is 7.11 Å². The van der Waals surface area contributed by atoms with Gasteiger partial charge < -0.3 is 19.9 Å². The summed E-state index contributed by atoms with van der Waals surface area (Å²) in [4.78, 5) is 0. The van der Waals surface area contributed by atoms with Crippen LogP contribution in [0, 0.1) is 0 Å². The van der Waals surface area contributed by atoms with E-state index in [1.165, 1.54) is 18.4 Å². The second-order valence-electron chi connectivity index (χ2n) is 4.88. The number of piperidine rings is 1. The largest absolute Gasteiger partial charge is 0.493 e. The Balaban J connectivity index is 2.06. The summed E-state index contributed by atoms with van der Waals surface area (Å²) in [5, 5.41) is 12.2. The Kier molecular flexibility index (Phi) is 5.48. The first-order valence-corrected chi connectivity index (χ1v) is 6.97. The van der Waals surface area contributed by atoms with Gasteiger partial charge in [0.25, 0.3) is 0 Å². The van der Waals surface area contributed by atoms with Crippen molar-refractivity contribution in [2.75, 3.05) is 33.4 Å². The Labute approximate surface area is 114 Å². The lowest BCUT2D eigenvalue weighted by molar-refractivity contribution is 0.228. The summed E-state index contributed by atoms with van der Waals surface area (Å²) in [5.41, 5.74) is 1.30. The van der Waals surface area contributed by atoms with E-state index in [-0.39, 0.29) is 6.61 Å². The molecule has 4 nitrogen and oxygen atoms in total. The van der Waals surface area contributed by atoms with E-state index in [9.17, 15) is 0 Å². The second kappa shape index (κ2) is 7.36. The van der Waals surface area contributed by atoms with E-state index >= 15 is 0 Å². The molecule has 0 saturated carbocycles. The predicted octanol–water partition coefficient (Wildman–Crippen LogP) is 1.92. The fraction of sp³-hybridized carbons (Fsp3) is 0.600. The van der Waals surface area contributed by atoms with Crippen molar-refractivity contribution in [3.63, 3.8) is 0 Å². The van der Waals surface area contributed by atoms with Gasteiger partial charge in [0.2, 0.25) is 0 Å². The summed E-state index contributed by atoms with van der Waals surface area (Å²) in [7, 11) is 1.66. The van der Waals surface area contributed by atoms with E-state index in [4.69, 9.17) is 14.6 Å². The minimum absolute atomic E-state index is 0.147. The highest BCUT2D eigenvalue weighted by molar-refractivity contribution is 5.44. The molecule has 1 aliphatic heterocycles. The molecule has 1 aromatic rings. The molecule has 1 aromatic carbocycles. The van der Waals surface area contributed by atoms with Gasteiger partial charge in [0.05, 0.1) is 13.7 Å². The van der Waals surface area contributed by atoms with Gasteiger partial charge in [-0.15, -0.1) is 0 Å². The molecule has 0 aromatic heterocycles. The monoisotopic (exact) mass is 265 g/mol. The number of ether oxygens (including phenoxy) is 2. The molecule has 1 heterocycles. The summed E-state index contributed by atoms with van der Waals surface area (Å²) in [6, 6.07) is 6.17. The van der Waals surface area contributed by atoms with Crippen molar-refractivity contribution in [2.24, 2.45) is 0 Å². The first-order valence-electron chi connectivity index (χ1n) is 6.97. The lowest BCUT2D eigenvalue weighted by atomic mass is 9.91. The van der Waals surface area contributed by atoms with Crippen molar-refractivity contribution >= 4 is 0 Å². The molecular formula is C15H23NO3. The molecule has 106 valence electrons. The molecule has 1 aliphatic rings. The van der Waals surface area contributed by atoms with Gasteiger partial charge in [0.15, 0.2) is 11.5 Å². The summed E-state index contributed by atoms with van der Waals surface area (Å²) in [6.45, 7) is 2.81. The van der Waals surface area contributed by atoms with Crippen molar-refractivity contribution < 1.29 is 14.6 Å². The van der Waals surface area contributed by atoms with Gasteiger partial charge >= 0.3 is 0 Å².